The molecule has 4 aromatic rings. The smallest absolute Gasteiger partial charge is 0.346 e. The van der Waals surface area contributed by atoms with Crippen LogP contribution in [-0.2, 0) is 7.05 Å². The van der Waals surface area contributed by atoms with Gasteiger partial charge in [-0.3, -0.25) is 4.79 Å². The maximum absolute atomic E-state index is 13.8. The molecule has 1 aliphatic rings. The van der Waals surface area contributed by atoms with Crippen LogP contribution >= 0.6 is 0 Å². The molecular formula is C26H18FNO5. The number of ether oxygens (including phenoxy) is 3. The summed E-state index contributed by atoms with van der Waals surface area (Å²) in [6.45, 7) is 0. The Hall–Kier alpha value is -4.39. The zero-order chi connectivity index (χ0) is 23.1. The third-order valence-corrected chi connectivity index (χ3v) is 5.46. The van der Waals surface area contributed by atoms with E-state index < -0.39 is 11.8 Å². The zero-order valence-electron chi connectivity index (χ0n) is 17.8. The average molecular weight is 443 g/mol. The highest BCUT2D eigenvalue weighted by Crippen LogP contribution is 2.36. The van der Waals surface area contributed by atoms with Crippen LogP contribution < -0.4 is 14.2 Å². The highest BCUT2D eigenvalue weighted by molar-refractivity contribution is 6.15. The van der Waals surface area contributed by atoms with E-state index in [2.05, 4.69) is 0 Å². The van der Waals surface area contributed by atoms with Gasteiger partial charge in [-0.15, -0.1) is 0 Å². The van der Waals surface area contributed by atoms with Crippen molar-refractivity contribution >= 4 is 28.7 Å². The molecule has 6 nitrogen and oxygen atoms in total. The molecule has 0 amide bonds. The molecule has 0 bridgehead atoms. The molecule has 0 atom stereocenters. The summed E-state index contributed by atoms with van der Waals surface area (Å²) in [5, 5.41) is 0.913. The van der Waals surface area contributed by atoms with Crippen LogP contribution in [0.2, 0.25) is 0 Å². The van der Waals surface area contributed by atoms with Gasteiger partial charge >= 0.3 is 5.97 Å². The largest absolute Gasteiger partial charge is 0.497 e. The van der Waals surface area contributed by atoms with Crippen LogP contribution in [0.3, 0.4) is 0 Å². The average Bonchev–Trinajstić information content (AvgIpc) is 3.29. The Balaban J connectivity index is 1.44. The fourth-order valence-corrected chi connectivity index (χ4v) is 3.80. The highest BCUT2D eigenvalue weighted by Gasteiger charge is 2.28. The van der Waals surface area contributed by atoms with Crippen molar-refractivity contribution in [1.82, 2.24) is 4.57 Å². The van der Waals surface area contributed by atoms with Crippen LogP contribution in [0.4, 0.5) is 4.39 Å². The molecular weight excluding hydrogens is 425 g/mol. The lowest BCUT2D eigenvalue weighted by atomic mass is 10.1. The number of aromatic nitrogens is 1. The molecule has 0 fully saturated rings. The van der Waals surface area contributed by atoms with Crippen LogP contribution in [0.25, 0.3) is 17.0 Å². The number of nitrogens with zero attached hydrogens (tertiary/aromatic N) is 1. The molecule has 0 saturated heterocycles. The molecule has 1 aliphatic heterocycles. The first-order chi connectivity index (χ1) is 15.9. The lowest BCUT2D eigenvalue weighted by Crippen LogP contribution is -2.10. The van der Waals surface area contributed by atoms with Crippen molar-refractivity contribution in [2.75, 3.05) is 7.11 Å². The minimum absolute atomic E-state index is 0.144. The summed E-state index contributed by atoms with van der Waals surface area (Å²) in [7, 11) is 3.51. The van der Waals surface area contributed by atoms with E-state index in [-0.39, 0.29) is 28.6 Å². The van der Waals surface area contributed by atoms with Crippen LogP contribution in [0, 0.1) is 5.82 Å². The predicted molar refractivity (Wildman–Crippen MR) is 120 cm³/mol. The number of allylic oxidation sites excluding steroid dienone is 1. The molecule has 0 spiro atoms. The predicted octanol–water partition coefficient (Wildman–Crippen LogP) is 5.16. The van der Waals surface area contributed by atoms with Crippen molar-refractivity contribution in [3.05, 3.63) is 95.1 Å². The number of esters is 1. The van der Waals surface area contributed by atoms with Gasteiger partial charge < -0.3 is 18.8 Å². The van der Waals surface area contributed by atoms with Gasteiger partial charge in [0.2, 0.25) is 5.78 Å². The summed E-state index contributed by atoms with van der Waals surface area (Å²) in [4.78, 5) is 25.2. The van der Waals surface area contributed by atoms with E-state index in [1.165, 1.54) is 36.4 Å². The number of benzene rings is 3. The number of methoxy groups -OCH3 is 1. The molecule has 0 N–H and O–H groups in total. The van der Waals surface area contributed by atoms with Gasteiger partial charge in [-0.1, -0.05) is 12.1 Å². The van der Waals surface area contributed by atoms with Crippen molar-refractivity contribution in [2.45, 2.75) is 0 Å². The maximum Gasteiger partial charge on any atom is 0.346 e. The van der Waals surface area contributed by atoms with E-state index in [1.807, 2.05) is 36.0 Å². The summed E-state index contributed by atoms with van der Waals surface area (Å²) in [6.07, 6.45) is 3.58. The van der Waals surface area contributed by atoms with E-state index in [0.29, 0.717) is 11.3 Å². The van der Waals surface area contributed by atoms with Gasteiger partial charge in [0.05, 0.1) is 18.2 Å². The summed E-state index contributed by atoms with van der Waals surface area (Å²) < 4.78 is 32.2. The summed E-state index contributed by atoms with van der Waals surface area (Å²) >= 11 is 0. The number of fused-ring (bicyclic) bond motifs is 2. The van der Waals surface area contributed by atoms with Crippen LogP contribution in [-0.4, -0.2) is 23.4 Å². The minimum atomic E-state index is -0.835. The van der Waals surface area contributed by atoms with E-state index in [1.54, 1.807) is 19.3 Å². The van der Waals surface area contributed by atoms with Crippen molar-refractivity contribution in [2.24, 2.45) is 7.05 Å². The van der Waals surface area contributed by atoms with Crippen molar-refractivity contribution in [1.29, 1.82) is 0 Å². The highest BCUT2D eigenvalue weighted by atomic mass is 19.1. The quantitative estimate of drug-likeness (QED) is 0.248. The van der Waals surface area contributed by atoms with Crippen LogP contribution in [0.15, 0.2) is 72.6 Å². The SMILES string of the molecule is COc1ccc2c(c1)c(/C=C1/Oc3cc(OC(=O)c4ccccc4F)ccc3C1=O)cn2C. The third kappa shape index (κ3) is 3.63. The standard InChI is InChI=1S/C26H18FNO5/c1-28-14-15(20-12-16(31-2)8-10-22(20)28)11-24-25(29)19-9-7-17(13-23(19)33-24)32-26(30)18-5-3-4-6-21(18)27/h3-14H,1-2H3/b24-11+. The third-order valence-electron chi connectivity index (χ3n) is 5.46. The molecule has 1 aromatic heterocycles. The van der Waals surface area contributed by atoms with Gasteiger partial charge in [0.25, 0.3) is 0 Å². The van der Waals surface area contributed by atoms with Crippen LogP contribution in [0.1, 0.15) is 26.3 Å². The number of aryl methyl sites for hydroxylation is 1. The first-order valence-corrected chi connectivity index (χ1v) is 10.1. The maximum atomic E-state index is 13.8. The van der Waals surface area contributed by atoms with Crippen molar-refractivity contribution in [3.8, 4) is 17.2 Å². The summed E-state index contributed by atoms with van der Waals surface area (Å²) in [5.41, 5.74) is 1.95. The first-order valence-electron chi connectivity index (χ1n) is 10.1. The van der Waals surface area contributed by atoms with Gasteiger partial charge in [0.1, 0.15) is 23.1 Å². The molecule has 0 unspecified atom stereocenters. The Morgan fingerprint density at radius 2 is 1.85 bits per heavy atom. The second kappa shape index (κ2) is 7.94. The summed E-state index contributed by atoms with van der Waals surface area (Å²) in [6, 6.07) is 15.7. The van der Waals surface area contributed by atoms with E-state index in [0.717, 1.165) is 16.5 Å². The Kier molecular flexibility index (Phi) is 4.94. The minimum Gasteiger partial charge on any atom is -0.497 e. The van der Waals surface area contributed by atoms with Crippen molar-refractivity contribution in [3.63, 3.8) is 0 Å². The van der Waals surface area contributed by atoms with E-state index in [4.69, 9.17) is 14.2 Å². The Bertz CT molecular complexity index is 1470. The Morgan fingerprint density at radius 1 is 1.06 bits per heavy atom. The number of rotatable bonds is 4. The van der Waals surface area contributed by atoms with E-state index >= 15 is 0 Å². The molecule has 0 aliphatic carbocycles. The molecule has 7 heteroatoms. The first kappa shape index (κ1) is 20.5. The topological polar surface area (TPSA) is 66.8 Å². The van der Waals surface area contributed by atoms with E-state index in [9.17, 15) is 14.0 Å². The molecule has 3 aromatic carbocycles. The van der Waals surface area contributed by atoms with Gasteiger partial charge in [-0.05, 0) is 48.5 Å². The number of Topliss-reactive ketones (excluding diaryl/α,β-unsaturated/α-hetero) is 1. The fourth-order valence-electron chi connectivity index (χ4n) is 3.80. The van der Waals surface area contributed by atoms with Crippen molar-refractivity contribution < 1.29 is 28.2 Å². The molecule has 0 radical (unpaired) electrons. The lowest BCUT2D eigenvalue weighted by molar-refractivity contribution is 0.0729. The molecule has 0 saturated carbocycles. The van der Waals surface area contributed by atoms with Gasteiger partial charge in [-0.25, -0.2) is 9.18 Å². The molecule has 33 heavy (non-hydrogen) atoms. The molecule has 2 heterocycles. The zero-order valence-corrected chi connectivity index (χ0v) is 17.8. The monoisotopic (exact) mass is 443 g/mol. The number of hydrogen-bond donors (Lipinski definition) is 0. The van der Waals surface area contributed by atoms with Crippen LogP contribution in [0.5, 0.6) is 17.2 Å². The number of hydrogen-bond acceptors (Lipinski definition) is 5. The number of halogens is 1. The second-order valence-electron chi connectivity index (χ2n) is 7.55. The Morgan fingerprint density at radius 3 is 2.64 bits per heavy atom. The molecule has 5 rings (SSSR count). The normalized spacial score (nSPS) is 13.8. The number of ketones is 1. The fraction of sp³-hybridized carbons (Fsp3) is 0.0769. The summed E-state index contributed by atoms with van der Waals surface area (Å²) in [5.74, 6) is -0.523. The number of carbonyl (C=O) groups excluding carboxylic acids is 2. The van der Waals surface area contributed by atoms with Gasteiger partial charge in [0, 0.05) is 35.8 Å². The lowest BCUT2D eigenvalue weighted by Gasteiger charge is -2.06. The Labute approximate surface area is 188 Å². The van der Waals surface area contributed by atoms with Gasteiger partial charge in [0.15, 0.2) is 5.76 Å². The second-order valence-corrected chi connectivity index (χ2v) is 7.55. The molecule has 164 valence electrons. The number of carbonyl (C=O) groups is 2. The van der Waals surface area contributed by atoms with Gasteiger partial charge in [-0.2, -0.15) is 0 Å².